The maximum atomic E-state index is 12.7. The first-order chi connectivity index (χ1) is 14.2. The van der Waals surface area contributed by atoms with Crippen molar-refractivity contribution in [3.63, 3.8) is 0 Å². The van der Waals surface area contributed by atoms with Crippen LogP contribution in [0.3, 0.4) is 0 Å². The number of hydrogen-bond acceptors (Lipinski definition) is 4. The Hall–Kier alpha value is -3.47. The van der Waals surface area contributed by atoms with Crippen LogP contribution < -0.4 is 5.73 Å². The summed E-state index contributed by atoms with van der Waals surface area (Å²) >= 11 is 0. The van der Waals surface area contributed by atoms with Crippen molar-refractivity contribution in [1.29, 1.82) is 0 Å². The van der Waals surface area contributed by atoms with Gasteiger partial charge in [-0.1, -0.05) is 67.4 Å². The van der Waals surface area contributed by atoms with E-state index < -0.39 is 0 Å². The lowest BCUT2D eigenvalue weighted by molar-refractivity contribution is 0.103. The van der Waals surface area contributed by atoms with Gasteiger partial charge >= 0.3 is 0 Å². The highest BCUT2D eigenvalue weighted by Crippen LogP contribution is 2.38. The number of nitrogens with two attached hydrogens (primary N) is 1. The van der Waals surface area contributed by atoms with E-state index in [4.69, 9.17) is 5.73 Å². The van der Waals surface area contributed by atoms with E-state index in [2.05, 4.69) is 20.7 Å². The maximum absolute atomic E-state index is 12.7. The van der Waals surface area contributed by atoms with Gasteiger partial charge in [-0.3, -0.25) is 4.79 Å². The molecule has 2 aromatic heterocycles. The average molecular weight is 382 g/mol. The predicted molar refractivity (Wildman–Crippen MR) is 115 cm³/mol. The van der Waals surface area contributed by atoms with Crippen LogP contribution in [0.4, 0.5) is 5.82 Å². The molecule has 144 valence electrons. The van der Waals surface area contributed by atoms with E-state index in [0.717, 1.165) is 35.0 Å². The minimum atomic E-state index is 0.0216. The minimum absolute atomic E-state index is 0.0216. The standard InChI is InChI=1S/C24H22N4O/c25-23-21-20(14-28(19-8-4-5-9-19)24(21)27-15-26-23)16-10-12-18(13-11-16)22(29)17-6-2-1-3-7-17/h1-3,6-7,10-15,19H,4-5,8-9H2,(H2,25,26,27). The summed E-state index contributed by atoms with van der Waals surface area (Å²) in [6, 6.07) is 17.5. The Morgan fingerprint density at radius 1 is 0.931 bits per heavy atom. The van der Waals surface area contributed by atoms with E-state index in [1.54, 1.807) is 0 Å². The second-order valence-electron chi connectivity index (χ2n) is 7.62. The van der Waals surface area contributed by atoms with Crippen LogP contribution in [-0.4, -0.2) is 20.3 Å². The van der Waals surface area contributed by atoms with Gasteiger partial charge in [0.15, 0.2) is 5.78 Å². The summed E-state index contributed by atoms with van der Waals surface area (Å²) in [5.74, 6) is 0.513. The second kappa shape index (κ2) is 7.17. The number of carbonyl (C=O) groups is 1. The smallest absolute Gasteiger partial charge is 0.193 e. The third-order valence-corrected chi connectivity index (χ3v) is 5.85. The number of hydrogen-bond donors (Lipinski definition) is 1. The van der Waals surface area contributed by atoms with Gasteiger partial charge in [0, 0.05) is 28.9 Å². The molecule has 2 N–H and O–H groups in total. The van der Waals surface area contributed by atoms with E-state index in [0.29, 0.717) is 23.0 Å². The molecule has 5 rings (SSSR count). The Balaban J connectivity index is 1.56. The van der Waals surface area contributed by atoms with Crippen molar-refractivity contribution in [1.82, 2.24) is 14.5 Å². The fourth-order valence-corrected chi connectivity index (χ4v) is 4.35. The van der Waals surface area contributed by atoms with Crippen LogP contribution in [0, 0.1) is 0 Å². The lowest BCUT2D eigenvalue weighted by Crippen LogP contribution is -2.04. The van der Waals surface area contributed by atoms with Gasteiger partial charge in [0.2, 0.25) is 0 Å². The molecule has 1 fully saturated rings. The molecule has 0 saturated heterocycles. The monoisotopic (exact) mass is 382 g/mol. The minimum Gasteiger partial charge on any atom is -0.383 e. The van der Waals surface area contributed by atoms with E-state index in [1.165, 1.54) is 19.2 Å². The van der Waals surface area contributed by atoms with Crippen molar-refractivity contribution in [2.45, 2.75) is 31.7 Å². The Bertz CT molecular complexity index is 1170. The first-order valence-electron chi connectivity index (χ1n) is 10.0. The molecule has 1 saturated carbocycles. The van der Waals surface area contributed by atoms with Gasteiger partial charge in [-0.05, 0) is 18.4 Å². The molecule has 4 aromatic rings. The topological polar surface area (TPSA) is 73.8 Å². The van der Waals surface area contributed by atoms with Crippen LogP contribution in [0.15, 0.2) is 67.1 Å². The number of benzene rings is 2. The molecule has 0 amide bonds. The zero-order chi connectivity index (χ0) is 19.8. The fourth-order valence-electron chi connectivity index (χ4n) is 4.35. The summed E-state index contributed by atoms with van der Waals surface area (Å²) in [5.41, 5.74) is 10.5. The van der Waals surface area contributed by atoms with Gasteiger partial charge in [0.1, 0.15) is 17.8 Å². The third-order valence-electron chi connectivity index (χ3n) is 5.85. The maximum Gasteiger partial charge on any atom is 0.193 e. The molecule has 2 aromatic carbocycles. The largest absolute Gasteiger partial charge is 0.383 e. The van der Waals surface area contributed by atoms with E-state index in [9.17, 15) is 4.79 Å². The van der Waals surface area contributed by atoms with Crippen molar-refractivity contribution >= 4 is 22.6 Å². The zero-order valence-corrected chi connectivity index (χ0v) is 16.1. The summed E-state index contributed by atoms with van der Waals surface area (Å²) in [7, 11) is 0. The van der Waals surface area contributed by atoms with E-state index >= 15 is 0 Å². The lowest BCUT2D eigenvalue weighted by Gasteiger charge is -2.12. The lowest BCUT2D eigenvalue weighted by atomic mass is 9.99. The second-order valence-corrected chi connectivity index (χ2v) is 7.62. The normalized spacial score (nSPS) is 14.5. The Kier molecular flexibility index (Phi) is 4.35. The molecule has 0 unspecified atom stereocenters. The molecule has 0 radical (unpaired) electrons. The molecule has 29 heavy (non-hydrogen) atoms. The van der Waals surface area contributed by atoms with Gasteiger partial charge in [-0.2, -0.15) is 0 Å². The molecular weight excluding hydrogens is 360 g/mol. The number of rotatable bonds is 4. The third kappa shape index (κ3) is 3.09. The van der Waals surface area contributed by atoms with Crippen molar-refractivity contribution in [2.75, 3.05) is 5.73 Å². The highest BCUT2D eigenvalue weighted by atomic mass is 16.1. The van der Waals surface area contributed by atoms with Gasteiger partial charge in [0.05, 0.1) is 5.39 Å². The van der Waals surface area contributed by atoms with Crippen LogP contribution >= 0.6 is 0 Å². The molecule has 1 aliphatic rings. The van der Waals surface area contributed by atoms with Gasteiger partial charge in [0.25, 0.3) is 0 Å². The highest BCUT2D eigenvalue weighted by molar-refractivity contribution is 6.09. The summed E-state index contributed by atoms with van der Waals surface area (Å²) in [6.07, 6.45) is 8.51. The number of nitrogens with zero attached hydrogens (tertiary/aromatic N) is 3. The van der Waals surface area contributed by atoms with Crippen LogP contribution in [0.25, 0.3) is 22.2 Å². The SMILES string of the molecule is Nc1ncnc2c1c(-c1ccc(C(=O)c3ccccc3)cc1)cn2C1CCCC1. The molecule has 0 spiro atoms. The van der Waals surface area contributed by atoms with Crippen LogP contribution in [0.2, 0.25) is 0 Å². The van der Waals surface area contributed by atoms with Gasteiger partial charge in [-0.25, -0.2) is 9.97 Å². The van der Waals surface area contributed by atoms with Crippen molar-refractivity contribution in [3.8, 4) is 11.1 Å². The predicted octanol–water partition coefficient (Wildman–Crippen LogP) is 5.03. The Morgan fingerprint density at radius 3 is 2.34 bits per heavy atom. The number of anilines is 1. The molecule has 5 nitrogen and oxygen atoms in total. The number of ketones is 1. The number of fused-ring (bicyclic) bond motifs is 1. The Morgan fingerprint density at radius 2 is 1.62 bits per heavy atom. The van der Waals surface area contributed by atoms with Crippen LogP contribution in [0.5, 0.6) is 0 Å². The summed E-state index contributed by atoms with van der Waals surface area (Å²) in [4.78, 5) is 21.4. The first kappa shape index (κ1) is 17.6. The van der Waals surface area contributed by atoms with E-state index in [1.807, 2.05) is 54.6 Å². The van der Waals surface area contributed by atoms with E-state index in [-0.39, 0.29) is 5.78 Å². The average Bonchev–Trinajstić information content (AvgIpc) is 3.42. The number of carbonyl (C=O) groups excluding carboxylic acids is 1. The summed E-state index contributed by atoms with van der Waals surface area (Å²) in [5, 5.41) is 0.890. The van der Waals surface area contributed by atoms with Crippen molar-refractivity contribution in [3.05, 3.63) is 78.2 Å². The van der Waals surface area contributed by atoms with Crippen LogP contribution in [0.1, 0.15) is 47.6 Å². The van der Waals surface area contributed by atoms with Crippen molar-refractivity contribution < 1.29 is 4.79 Å². The van der Waals surface area contributed by atoms with Gasteiger partial charge < -0.3 is 10.3 Å². The fraction of sp³-hybridized carbons (Fsp3) is 0.208. The van der Waals surface area contributed by atoms with Crippen molar-refractivity contribution in [2.24, 2.45) is 0 Å². The highest BCUT2D eigenvalue weighted by Gasteiger charge is 2.23. The molecular formula is C24H22N4O. The zero-order valence-electron chi connectivity index (χ0n) is 16.1. The molecule has 0 aliphatic heterocycles. The van der Waals surface area contributed by atoms with Gasteiger partial charge in [-0.15, -0.1) is 0 Å². The Labute approximate surface area is 169 Å². The van der Waals surface area contributed by atoms with Crippen LogP contribution in [-0.2, 0) is 0 Å². The summed E-state index contributed by atoms with van der Waals surface area (Å²) < 4.78 is 2.26. The molecule has 5 heteroatoms. The quantitative estimate of drug-likeness (QED) is 0.503. The number of nitrogen functional groups attached to an aromatic ring is 1. The first-order valence-corrected chi connectivity index (χ1v) is 10.0. The molecule has 0 atom stereocenters. The molecule has 2 heterocycles. The number of aromatic nitrogens is 3. The molecule has 1 aliphatic carbocycles. The summed E-state index contributed by atoms with van der Waals surface area (Å²) in [6.45, 7) is 0. The molecule has 0 bridgehead atoms.